The Hall–Kier alpha value is -1.65. The Morgan fingerprint density at radius 1 is 1.44 bits per heavy atom. The van der Waals surface area contributed by atoms with Gasteiger partial charge in [0, 0.05) is 17.8 Å². The highest BCUT2D eigenvalue weighted by Crippen LogP contribution is 2.31. The van der Waals surface area contributed by atoms with Gasteiger partial charge in [-0.15, -0.1) is 0 Å². The first-order valence-electron chi connectivity index (χ1n) is 4.89. The number of hydrogen-bond donors (Lipinski definition) is 0. The Morgan fingerprint density at radius 3 is 2.69 bits per heavy atom. The SMILES string of the molecule is COC(=O)CC1(C)C=NC=C(C(=O)OC)C1. The van der Waals surface area contributed by atoms with Gasteiger partial charge in [-0.25, -0.2) is 4.79 Å². The molecule has 0 spiro atoms. The molecule has 1 heterocycles. The molecule has 0 aliphatic carbocycles. The number of methoxy groups -OCH3 is 2. The molecule has 0 saturated heterocycles. The fourth-order valence-corrected chi connectivity index (χ4v) is 1.60. The summed E-state index contributed by atoms with van der Waals surface area (Å²) in [5, 5.41) is 0. The first-order chi connectivity index (χ1) is 7.50. The van der Waals surface area contributed by atoms with Crippen LogP contribution in [0, 0.1) is 5.41 Å². The second-order valence-electron chi connectivity index (χ2n) is 4.01. The van der Waals surface area contributed by atoms with Crippen molar-refractivity contribution >= 4 is 18.2 Å². The van der Waals surface area contributed by atoms with Gasteiger partial charge in [-0.05, 0) is 6.42 Å². The van der Waals surface area contributed by atoms with Gasteiger partial charge in [0.2, 0.25) is 0 Å². The first kappa shape index (κ1) is 12.4. The van der Waals surface area contributed by atoms with E-state index in [2.05, 4.69) is 14.5 Å². The van der Waals surface area contributed by atoms with Crippen LogP contribution in [0.5, 0.6) is 0 Å². The highest BCUT2D eigenvalue weighted by molar-refractivity contribution is 5.91. The quantitative estimate of drug-likeness (QED) is 0.674. The Bertz CT molecular complexity index is 359. The van der Waals surface area contributed by atoms with E-state index < -0.39 is 11.4 Å². The standard InChI is InChI=1S/C11H15NO4/c1-11(5-9(13)15-2)4-8(6-12-7-11)10(14)16-3/h6-7H,4-5H2,1-3H3. The summed E-state index contributed by atoms with van der Waals surface area (Å²) in [4.78, 5) is 26.5. The maximum Gasteiger partial charge on any atom is 0.335 e. The minimum atomic E-state index is -0.481. The average molecular weight is 225 g/mol. The van der Waals surface area contributed by atoms with Gasteiger partial charge < -0.3 is 9.47 Å². The number of hydrogen-bond acceptors (Lipinski definition) is 5. The summed E-state index contributed by atoms with van der Waals surface area (Å²) in [6.45, 7) is 1.85. The molecular weight excluding hydrogens is 210 g/mol. The topological polar surface area (TPSA) is 65.0 Å². The fourth-order valence-electron chi connectivity index (χ4n) is 1.60. The third-order valence-electron chi connectivity index (χ3n) is 2.43. The van der Waals surface area contributed by atoms with Crippen molar-refractivity contribution in [1.82, 2.24) is 0 Å². The maximum atomic E-state index is 11.3. The molecule has 1 unspecified atom stereocenters. The van der Waals surface area contributed by atoms with Crippen LogP contribution >= 0.6 is 0 Å². The molecule has 0 bridgehead atoms. The van der Waals surface area contributed by atoms with Crippen molar-refractivity contribution in [3.63, 3.8) is 0 Å². The second kappa shape index (κ2) is 4.92. The second-order valence-corrected chi connectivity index (χ2v) is 4.01. The molecule has 0 fully saturated rings. The van der Waals surface area contributed by atoms with Crippen LogP contribution in [-0.4, -0.2) is 32.4 Å². The Labute approximate surface area is 94.1 Å². The van der Waals surface area contributed by atoms with Crippen molar-refractivity contribution in [2.24, 2.45) is 10.4 Å². The van der Waals surface area contributed by atoms with Gasteiger partial charge in [-0.3, -0.25) is 9.79 Å². The number of carbonyl (C=O) groups is 2. The lowest BCUT2D eigenvalue weighted by Gasteiger charge is -2.26. The molecule has 0 aromatic carbocycles. The van der Waals surface area contributed by atoms with Crippen LogP contribution in [-0.2, 0) is 19.1 Å². The number of ether oxygens (including phenoxy) is 2. The van der Waals surface area contributed by atoms with E-state index >= 15 is 0 Å². The number of nitrogens with zero attached hydrogens (tertiary/aromatic N) is 1. The van der Waals surface area contributed by atoms with E-state index in [0.29, 0.717) is 12.0 Å². The smallest absolute Gasteiger partial charge is 0.335 e. The van der Waals surface area contributed by atoms with Crippen LogP contribution in [0.25, 0.3) is 0 Å². The minimum absolute atomic E-state index is 0.196. The number of rotatable bonds is 3. The molecule has 88 valence electrons. The molecule has 16 heavy (non-hydrogen) atoms. The molecule has 5 heteroatoms. The summed E-state index contributed by atoms with van der Waals surface area (Å²) in [5.74, 6) is -0.729. The Kier molecular flexibility index (Phi) is 3.82. The summed E-state index contributed by atoms with van der Waals surface area (Å²) >= 11 is 0. The zero-order valence-corrected chi connectivity index (χ0v) is 9.65. The zero-order valence-electron chi connectivity index (χ0n) is 9.65. The van der Waals surface area contributed by atoms with Crippen molar-refractivity contribution in [3.05, 3.63) is 11.8 Å². The van der Waals surface area contributed by atoms with Gasteiger partial charge >= 0.3 is 11.9 Å². The van der Waals surface area contributed by atoms with Gasteiger partial charge in [0.25, 0.3) is 0 Å². The lowest BCUT2D eigenvalue weighted by Crippen LogP contribution is -2.27. The number of carbonyl (C=O) groups excluding carboxylic acids is 2. The lowest BCUT2D eigenvalue weighted by atomic mass is 9.80. The molecule has 0 radical (unpaired) electrons. The summed E-state index contributed by atoms with van der Waals surface area (Å²) in [6.07, 6.45) is 3.75. The van der Waals surface area contributed by atoms with Crippen molar-refractivity contribution in [3.8, 4) is 0 Å². The van der Waals surface area contributed by atoms with Crippen molar-refractivity contribution in [2.45, 2.75) is 19.8 Å². The van der Waals surface area contributed by atoms with Gasteiger partial charge in [0.05, 0.1) is 26.2 Å². The van der Waals surface area contributed by atoms with E-state index in [4.69, 9.17) is 0 Å². The van der Waals surface area contributed by atoms with E-state index in [9.17, 15) is 9.59 Å². The minimum Gasteiger partial charge on any atom is -0.469 e. The highest BCUT2D eigenvalue weighted by Gasteiger charge is 2.31. The molecule has 1 rings (SSSR count). The maximum absolute atomic E-state index is 11.3. The zero-order chi connectivity index (χ0) is 12.2. The van der Waals surface area contributed by atoms with Crippen LogP contribution in [0.2, 0.25) is 0 Å². The molecule has 0 aromatic heterocycles. The van der Waals surface area contributed by atoms with Crippen molar-refractivity contribution in [1.29, 1.82) is 0 Å². The summed E-state index contributed by atoms with van der Waals surface area (Å²) in [6, 6.07) is 0. The van der Waals surface area contributed by atoms with E-state index in [1.54, 1.807) is 6.21 Å². The third kappa shape index (κ3) is 2.92. The van der Waals surface area contributed by atoms with Gasteiger partial charge in [-0.1, -0.05) is 6.92 Å². The van der Waals surface area contributed by atoms with E-state index in [1.165, 1.54) is 20.4 Å². The predicted molar refractivity (Wildman–Crippen MR) is 57.9 cm³/mol. The van der Waals surface area contributed by atoms with Crippen molar-refractivity contribution < 1.29 is 19.1 Å². The van der Waals surface area contributed by atoms with E-state index in [-0.39, 0.29) is 12.4 Å². The van der Waals surface area contributed by atoms with E-state index in [0.717, 1.165) is 0 Å². The molecule has 1 aliphatic heterocycles. The molecule has 1 atom stereocenters. The Morgan fingerprint density at radius 2 is 2.12 bits per heavy atom. The molecule has 0 aromatic rings. The Balaban J connectivity index is 2.74. The van der Waals surface area contributed by atoms with Crippen LogP contribution in [0.15, 0.2) is 16.8 Å². The number of esters is 2. The molecule has 0 amide bonds. The predicted octanol–water partition coefficient (Wildman–Crippen LogP) is 1.09. The summed E-state index contributed by atoms with van der Waals surface area (Å²) < 4.78 is 9.22. The molecular formula is C11H15NO4. The van der Waals surface area contributed by atoms with Crippen LogP contribution in [0.4, 0.5) is 0 Å². The molecule has 0 N–H and O–H groups in total. The molecule has 1 aliphatic rings. The average Bonchev–Trinajstić information content (AvgIpc) is 2.27. The summed E-state index contributed by atoms with van der Waals surface area (Å²) in [7, 11) is 2.65. The number of aliphatic imine (C=N–C) groups is 1. The third-order valence-corrected chi connectivity index (χ3v) is 2.43. The highest BCUT2D eigenvalue weighted by atomic mass is 16.5. The van der Waals surface area contributed by atoms with Gasteiger partial charge in [-0.2, -0.15) is 0 Å². The lowest BCUT2D eigenvalue weighted by molar-refractivity contribution is -0.142. The molecule has 0 saturated carbocycles. The van der Waals surface area contributed by atoms with Crippen LogP contribution in [0.3, 0.4) is 0 Å². The van der Waals surface area contributed by atoms with Gasteiger partial charge in [0.15, 0.2) is 0 Å². The van der Waals surface area contributed by atoms with Crippen molar-refractivity contribution in [2.75, 3.05) is 14.2 Å². The summed E-state index contributed by atoms with van der Waals surface area (Å²) in [5.41, 5.74) is -0.0119. The first-order valence-corrected chi connectivity index (χ1v) is 4.89. The fraction of sp³-hybridized carbons (Fsp3) is 0.545. The van der Waals surface area contributed by atoms with Crippen LogP contribution in [0.1, 0.15) is 19.8 Å². The largest absolute Gasteiger partial charge is 0.469 e. The normalized spacial score (nSPS) is 23.6. The van der Waals surface area contributed by atoms with Gasteiger partial charge in [0.1, 0.15) is 0 Å². The monoisotopic (exact) mass is 225 g/mol. The van der Waals surface area contributed by atoms with E-state index in [1.807, 2.05) is 6.92 Å². The van der Waals surface area contributed by atoms with Crippen LogP contribution < -0.4 is 0 Å². The molecule has 5 nitrogen and oxygen atoms in total.